The zero-order valence-corrected chi connectivity index (χ0v) is 11.4. The minimum absolute atomic E-state index is 0.137. The molecule has 2 N–H and O–H groups in total. The highest BCUT2D eigenvalue weighted by Crippen LogP contribution is 2.36. The van der Waals surface area contributed by atoms with E-state index in [2.05, 4.69) is 17.1 Å². The highest BCUT2D eigenvalue weighted by Gasteiger charge is 2.33. The molecule has 2 fully saturated rings. The highest BCUT2D eigenvalue weighted by atomic mass is 16.3. The lowest BCUT2D eigenvalue weighted by Gasteiger charge is -2.44. The minimum atomic E-state index is -0.137. The number of aliphatic hydroxyl groups excluding tert-OH is 1. The summed E-state index contributed by atoms with van der Waals surface area (Å²) in [6.07, 6.45) is 7.14. The number of aliphatic hydroxyl groups is 1. The fourth-order valence-electron chi connectivity index (χ4n) is 3.52. The van der Waals surface area contributed by atoms with Gasteiger partial charge in [-0.25, -0.2) is 0 Å². The summed E-state index contributed by atoms with van der Waals surface area (Å²) in [4.78, 5) is 2.55. The molecule has 1 aliphatic carbocycles. The predicted octanol–water partition coefficient (Wildman–Crippen LogP) is 1.47. The van der Waals surface area contributed by atoms with Crippen LogP contribution in [0.1, 0.15) is 39.0 Å². The van der Waals surface area contributed by atoms with Gasteiger partial charge in [0, 0.05) is 13.1 Å². The Balaban J connectivity index is 1.87. The second kappa shape index (κ2) is 5.68. The normalized spacial score (nSPS) is 34.1. The number of hydrogen-bond donors (Lipinski definition) is 2. The second-order valence-corrected chi connectivity index (χ2v) is 6.30. The van der Waals surface area contributed by atoms with Gasteiger partial charge in [-0.15, -0.1) is 0 Å². The number of nitrogens with one attached hydrogen (secondary N) is 1. The average Bonchev–Trinajstić information content (AvgIpc) is 2.38. The Hall–Kier alpha value is -0.120. The molecule has 0 aromatic carbocycles. The molecule has 0 aromatic heterocycles. The van der Waals surface area contributed by atoms with Crippen molar-refractivity contribution in [1.82, 2.24) is 10.2 Å². The highest BCUT2D eigenvalue weighted by molar-refractivity contribution is 4.89. The summed E-state index contributed by atoms with van der Waals surface area (Å²) in [6.45, 7) is 5.78. The SMILES string of the molecule is CNC(C)(CO)CN1CCC2CCCCC2C1. The van der Waals surface area contributed by atoms with Crippen LogP contribution in [0.15, 0.2) is 0 Å². The molecule has 0 bridgehead atoms. The summed E-state index contributed by atoms with van der Waals surface area (Å²) in [5.41, 5.74) is -0.137. The number of likely N-dealkylation sites (tertiary alicyclic amines) is 1. The number of likely N-dealkylation sites (N-methyl/N-ethyl adjacent to an activating group) is 1. The van der Waals surface area contributed by atoms with Crippen LogP contribution in [0.4, 0.5) is 0 Å². The van der Waals surface area contributed by atoms with E-state index in [-0.39, 0.29) is 12.1 Å². The molecule has 3 nitrogen and oxygen atoms in total. The number of nitrogens with zero attached hydrogens (tertiary/aromatic N) is 1. The minimum Gasteiger partial charge on any atom is -0.394 e. The van der Waals surface area contributed by atoms with Crippen molar-refractivity contribution in [3.8, 4) is 0 Å². The third-order valence-electron chi connectivity index (χ3n) is 4.90. The lowest BCUT2D eigenvalue weighted by atomic mass is 9.75. The molecule has 3 atom stereocenters. The van der Waals surface area contributed by atoms with E-state index in [1.165, 1.54) is 45.2 Å². The van der Waals surface area contributed by atoms with Gasteiger partial charge >= 0.3 is 0 Å². The molecular weight excluding hydrogens is 212 g/mol. The fraction of sp³-hybridized carbons (Fsp3) is 1.00. The molecule has 1 saturated heterocycles. The zero-order chi connectivity index (χ0) is 12.3. The first kappa shape index (κ1) is 13.3. The maximum Gasteiger partial charge on any atom is 0.0623 e. The first-order valence-electron chi connectivity index (χ1n) is 7.19. The van der Waals surface area contributed by atoms with Gasteiger partial charge in [-0.2, -0.15) is 0 Å². The van der Waals surface area contributed by atoms with E-state index < -0.39 is 0 Å². The lowest BCUT2D eigenvalue weighted by molar-refractivity contribution is 0.0530. The Kier molecular flexibility index (Phi) is 4.45. The Bertz CT molecular complexity index is 240. The molecule has 1 saturated carbocycles. The molecule has 1 heterocycles. The van der Waals surface area contributed by atoms with Gasteiger partial charge in [0.1, 0.15) is 0 Å². The van der Waals surface area contributed by atoms with Crippen LogP contribution in [0.5, 0.6) is 0 Å². The van der Waals surface area contributed by atoms with Crippen LogP contribution in [-0.2, 0) is 0 Å². The van der Waals surface area contributed by atoms with Gasteiger partial charge in [0.15, 0.2) is 0 Å². The Labute approximate surface area is 106 Å². The first-order chi connectivity index (χ1) is 8.17. The maximum atomic E-state index is 9.46. The molecule has 2 aliphatic rings. The van der Waals surface area contributed by atoms with E-state index in [0.717, 1.165) is 18.4 Å². The summed E-state index contributed by atoms with van der Waals surface area (Å²) in [5.74, 6) is 1.92. The summed E-state index contributed by atoms with van der Waals surface area (Å²) >= 11 is 0. The third-order valence-corrected chi connectivity index (χ3v) is 4.90. The van der Waals surface area contributed by atoms with Crippen LogP contribution >= 0.6 is 0 Å². The van der Waals surface area contributed by atoms with Crippen molar-refractivity contribution in [2.45, 2.75) is 44.6 Å². The zero-order valence-electron chi connectivity index (χ0n) is 11.4. The summed E-state index contributed by atoms with van der Waals surface area (Å²) in [6, 6.07) is 0. The van der Waals surface area contributed by atoms with Gasteiger partial charge in [0.25, 0.3) is 0 Å². The quantitative estimate of drug-likeness (QED) is 0.781. The Morgan fingerprint density at radius 2 is 1.94 bits per heavy atom. The van der Waals surface area contributed by atoms with E-state index in [9.17, 15) is 5.11 Å². The molecule has 100 valence electrons. The molecular formula is C14H28N2O. The number of piperidine rings is 1. The van der Waals surface area contributed by atoms with E-state index >= 15 is 0 Å². The van der Waals surface area contributed by atoms with Gasteiger partial charge in [-0.1, -0.05) is 19.3 Å². The van der Waals surface area contributed by atoms with E-state index in [4.69, 9.17) is 0 Å². The molecule has 3 heteroatoms. The molecule has 0 radical (unpaired) electrons. The fourth-order valence-corrected chi connectivity index (χ4v) is 3.52. The predicted molar refractivity (Wildman–Crippen MR) is 71.1 cm³/mol. The van der Waals surface area contributed by atoms with Gasteiger partial charge < -0.3 is 15.3 Å². The third kappa shape index (κ3) is 3.21. The van der Waals surface area contributed by atoms with Crippen molar-refractivity contribution in [2.24, 2.45) is 11.8 Å². The van der Waals surface area contributed by atoms with E-state index in [1.54, 1.807) is 0 Å². The number of hydrogen-bond acceptors (Lipinski definition) is 3. The number of fused-ring (bicyclic) bond motifs is 1. The van der Waals surface area contributed by atoms with Gasteiger partial charge in [-0.05, 0) is 45.2 Å². The van der Waals surface area contributed by atoms with Crippen LogP contribution < -0.4 is 5.32 Å². The van der Waals surface area contributed by atoms with Crippen molar-refractivity contribution in [3.05, 3.63) is 0 Å². The maximum absolute atomic E-state index is 9.46. The van der Waals surface area contributed by atoms with E-state index in [1.807, 2.05) is 7.05 Å². The molecule has 0 spiro atoms. The van der Waals surface area contributed by atoms with E-state index in [0.29, 0.717) is 0 Å². The Morgan fingerprint density at radius 3 is 2.59 bits per heavy atom. The van der Waals surface area contributed by atoms with Crippen LogP contribution in [0.2, 0.25) is 0 Å². The van der Waals surface area contributed by atoms with Crippen LogP contribution in [-0.4, -0.2) is 48.8 Å². The second-order valence-electron chi connectivity index (χ2n) is 6.30. The summed E-state index contributed by atoms with van der Waals surface area (Å²) < 4.78 is 0. The van der Waals surface area contributed by atoms with Crippen LogP contribution in [0.25, 0.3) is 0 Å². The lowest BCUT2D eigenvalue weighted by Crippen LogP contribution is -2.55. The van der Waals surface area contributed by atoms with Crippen molar-refractivity contribution >= 4 is 0 Å². The molecule has 17 heavy (non-hydrogen) atoms. The number of rotatable bonds is 4. The summed E-state index contributed by atoms with van der Waals surface area (Å²) in [5, 5.41) is 12.7. The monoisotopic (exact) mass is 240 g/mol. The van der Waals surface area contributed by atoms with Gasteiger partial charge in [0.2, 0.25) is 0 Å². The van der Waals surface area contributed by atoms with Gasteiger partial charge in [-0.3, -0.25) is 0 Å². The van der Waals surface area contributed by atoms with Crippen molar-refractivity contribution < 1.29 is 5.11 Å². The van der Waals surface area contributed by atoms with Crippen molar-refractivity contribution in [2.75, 3.05) is 33.3 Å². The first-order valence-corrected chi connectivity index (χ1v) is 7.19. The molecule has 0 aromatic rings. The smallest absolute Gasteiger partial charge is 0.0623 e. The van der Waals surface area contributed by atoms with Crippen molar-refractivity contribution in [1.29, 1.82) is 0 Å². The summed E-state index contributed by atoms with van der Waals surface area (Å²) in [7, 11) is 1.95. The standard InChI is InChI=1S/C14H28N2O/c1-14(11-17,15-2)10-16-8-7-12-5-3-4-6-13(12)9-16/h12-13,15,17H,3-11H2,1-2H3. The van der Waals surface area contributed by atoms with Crippen molar-refractivity contribution in [3.63, 3.8) is 0 Å². The molecule has 3 unspecified atom stereocenters. The largest absolute Gasteiger partial charge is 0.394 e. The Morgan fingerprint density at radius 1 is 1.24 bits per heavy atom. The molecule has 2 rings (SSSR count). The van der Waals surface area contributed by atoms with Crippen LogP contribution in [0.3, 0.4) is 0 Å². The topological polar surface area (TPSA) is 35.5 Å². The van der Waals surface area contributed by atoms with Gasteiger partial charge in [0.05, 0.1) is 12.1 Å². The molecule has 0 amide bonds. The molecule has 1 aliphatic heterocycles. The average molecular weight is 240 g/mol. The van der Waals surface area contributed by atoms with Crippen LogP contribution in [0, 0.1) is 11.8 Å².